The van der Waals surface area contributed by atoms with Crippen LogP contribution in [0.1, 0.15) is 54.0 Å². The molecule has 0 saturated carbocycles. The molecule has 1 fully saturated rings. The van der Waals surface area contributed by atoms with Gasteiger partial charge in [0.2, 0.25) is 0 Å². The number of hydrogen-bond acceptors (Lipinski definition) is 6. The summed E-state index contributed by atoms with van der Waals surface area (Å²) in [5.74, 6) is 0.663. The highest BCUT2D eigenvalue weighted by Crippen LogP contribution is 2.28. The lowest BCUT2D eigenvalue weighted by Gasteiger charge is -2.30. The summed E-state index contributed by atoms with van der Waals surface area (Å²) < 4.78 is 5.34. The third-order valence-electron chi connectivity index (χ3n) is 4.27. The second kappa shape index (κ2) is 7.35. The van der Waals surface area contributed by atoms with Gasteiger partial charge in [0.05, 0.1) is 12.8 Å². The van der Waals surface area contributed by atoms with E-state index in [4.69, 9.17) is 4.42 Å². The van der Waals surface area contributed by atoms with Gasteiger partial charge in [-0.1, -0.05) is 12.8 Å². The first-order valence-electron chi connectivity index (χ1n) is 7.97. The van der Waals surface area contributed by atoms with Gasteiger partial charge in [0.25, 0.3) is 0 Å². The van der Waals surface area contributed by atoms with Crippen LogP contribution in [-0.4, -0.2) is 32.8 Å². The molecule has 2 atom stereocenters. The van der Waals surface area contributed by atoms with Crippen molar-refractivity contribution in [3.05, 3.63) is 34.2 Å². The molecule has 3 rings (SSSR count). The molecular weight excluding hydrogens is 298 g/mol. The van der Waals surface area contributed by atoms with Crippen LogP contribution in [-0.2, 0) is 6.54 Å². The molecule has 0 amide bonds. The zero-order valence-electron chi connectivity index (χ0n) is 12.9. The fraction of sp³-hybridized carbons (Fsp3) is 0.625. The quantitative estimate of drug-likeness (QED) is 0.915. The van der Waals surface area contributed by atoms with Crippen LogP contribution in [0.5, 0.6) is 0 Å². The van der Waals surface area contributed by atoms with Crippen molar-refractivity contribution in [1.29, 1.82) is 0 Å². The number of aromatic nitrogens is 2. The second-order valence-electron chi connectivity index (χ2n) is 5.96. The van der Waals surface area contributed by atoms with Gasteiger partial charge in [-0.25, -0.2) is 0 Å². The van der Waals surface area contributed by atoms with Crippen molar-refractivity contribution in [2.75, 3.05) is 6.54 Å². The Hall–Kier alpha value is -1.24. The third kappa shape index (κ3) is 3.94. The van der Waals surface area contributed by atoms with Crippen molar-refractivity contribution in [2.24, 2.45) is 0 Å². The molecule has 1 aliphatic heterocycles. The molecular formula is C16H23N3O2S. The zero-order valence-corrected chi connectivity index (χ0v) is 13.8. The van der Waals surface area contributed by atoms with Crippen LogP contribution in [0.4, 0.5) is 0 Å². The minimum Gasteiger partial charge on any atom is -0.467 e. The van der Waals surface area contributed by atoms with Crippen molar-refractivity contribution in [2.45, 2.75) is 57.7 Å². The van der Waals surface area contributed by atoms with Gasteiger partial charge in [-0.05, 0) is 44.9 Å². The number of likely N-dealkylation sites (tertiary alicyclic amines) is 1. The lowest BCUT2D eigenvalue weighted by molar-refractivity contribution is 0.0829. The topological polar surface area (TPSA) is 62.4 Å². The van der Waals surface area contributed by atoms with Crippen LogP contribution in [0.15, 0.2) is 22.8 Å². The monoisotopic (exact) mass is 321 g/mol. The Labute approximate surface area is 135 Å². The van der Waals surface area contributed by atoms with Gasteiger partial charge in [0.15, 0.2) is 0 Å². The average Bonchev–Trinajstić information content (AvgIpc) is 3.12. The van der Waals surface area contributed by atoms with E-state index in [1.54, 1.807) is 17.6 Å². The molecule has 0 radical (unpaired) electrons. The second-order valence-corrected chi connectivity index (χ2v) is 7.22. The lowest BCUT2D eigenvalue weighted by Crippen LogP contribution is -2.35. The normalized spacial score (nSPS) is 21.6. The van der Waals surface area contributed by atoms with Gasteiger partial charge in [-0.3, -0.25) is 4.90 Å². The van der Waals surface area contributed by atoms with E-state index < -0.39 is 6.10 Å². The Kier molecular flexibility index (Phi) is 5.23. The molecule has 3 heterocycles. The van der Waals surface area contributed by atoms with Crippen LogP contribution >= 0.6 is 11.3 Å². The van der Waals surface area contributed by atoms with E-state index in [-0.39, 0.29) is 0 Å². The molecule has 0 bridgehead atoms. The first kappa shape index (κ1) is 15.6. The third-order valence-corrected chi connectivity index (χ3v) is 5.10. The standard InChI is InChI=1S/C16H23N3O2S/c1-12-17-18-16(22-12)11-19-8-4-2-3-6-13(19)10-14(20)15-7-5-9-21-15/h5,7,9,13-14,20H,2-4,6,8,10-11H2,1H3/t13-,14-/m1/s1. The van der Waals surface area contributed by atoms with Crippen LogP contribution in [0.2, 0.25) is 0 Å². The van der Waals surface area contributed by atoms with Gasteiger partial charge in [-0.2, -0.15) is 0 Å². The minimum absolute atomic E-state index is 0.367. The highest BCUT2D eigenvalue weighted by atomic mass is 32.1. The number of rotatable bonds is 5. The van der Waals surface area contributed by atoms with Crippen molar-refractivity contribution in [1.82, 2.24) is 15.1 Å². The smallest absolute Gasteiger partial charge is 0.132 e. The van der Waals surface area contributed by atoms with Crippen LogP contribution in [0.3, 0.4) is 0 Å². The first-order valence-corrected chi connectivity index (χ1v) is 8.78. The number of aryl methyl sites for hydroxylation is 1. The largest absolute Gasteiger partial charge is 0.467 e. The number of nitrogens with zero attached hydrogens (tertiary/aromatic N) is 3. The zero-order chi connectivity index (χ0) is 15.4. The van der Waals surface area contributed by atoms with E-state index in [1.807, 2.05) is 19.1 Å². The molecule has 5 nitrogen and oxygen atoms in total. The predicted molar refractivity (Wildman–Crippen MR) is 85.6 cm³/mol. The summed E-state index contributed by atoms with van der Waals surface area (Å²) in [6.07, 6.45) is 6.62. The average molecular weight is 321 g/mol. The molecule has 0 aliphatic carbocycles. The number of aliphatic hydroxyl groups excluding tert-OH is 1. The highest BCUT2D eigenvalue weighted by molar-refractivity contribution is 7.11. The summed E-state index contributed by atoms with van der Waals surface area (Å²) in [6.45, 7) is 3.89. The van der Waals surface area contributed by atoms with Crippen molar-refractivity contribution < 1.29 is 9.52 Å². The molecule has 2 aromatic rings. The maximum absolute atomic E-state index is 10.4. The number of furan rings is 1. The molecule has 0 spiro atoms. The fourth-order valence-electron chi connectivity index (χ4n) is 3.14. The van der Waals surface area contributed by atoms with E-state index in [9.17, 15) is 5.11 Å². The molecule has 1 aliphatic rings. The molecule has 6 heteroatoms. The van der Waals surface area contributed by atoms with E-state index in [2.05, 4.69) is 15.1 Å². The first-order chi connectivity index (χ1) is 10.7. The van der Waals surface area contributed by atoms with E-state index in [0.29, 0.717) is 18.2 Å². The van der Waals surface area contributed by atoms with Crippen LogP contribution in [0.25, 0.3) is 0 Å². The summed E-state index contributed by atoms with van der Waals surface area (Å²) >= 11 is 1.66. The fourth-order valence-corrected chi connectivity index (χ4v) is 3.88. The SMILES string of the molecule is Cc1nnc(CN2CCCCC[C@@H]2C[C@@H](O)c2ccco2)s1. The molecule has 0 unspecified atom stereocenters. The van der Waals surface area contributed by atoms with E-state index in [0.717, 1.165) is 29.5 Å². The van der Waals surface area contributed by atoms with Crippen LogP contribution in [0, 0.1) is 6.92 Å². The van der Waals surface area contributed by atoms with Gasteiger partial charge >= 0.3 is 0 Å². The predicted octanol–water partition coefficient (Wildman–Crippen LogP) is 3.31. The molecule has 22 heavy (non-hydrogen) atoms. The van der Waals surface area contributed by atoms with Gasteiger partial charge in [0, 0.05) is 6.04 Å². The number of aliphatic hydroxyl groups is 1. The summed E-state index contributed by atoms with van der Waals surface area (Å²) in [6, 6.07) is 4.04. The summed E-state index contributed by atoms with van der Waals surface area (Å²) in [5.41, 5.74) is 0. The van der Waals surface area contributed by atoms with Gasteiger partial charge < -0.3 is 9.52 Å². The van der Waals surface area contributed by atoms with Gasteiger partial charge in [0.1, 0.15) is 21.9 Å². The Balaban J connectivity index is 1.67. The maximum atomic E-state index is 10.4. The van der Waals surface area contributed by atoms with Crippen molar-refractivity contribution in [3.8, 4) is 0 Å². The Morgan fingerprint density at radius 3 is 3.05 bits per heavy atom. The summed E-state index contributed by atoms with van der Waals surface area (Å²) in [4.78, 5) is 2.46. The molecule has 2 aromatic heterocycles. The van der Waals surface area contributed by atoms with Crippen LogP contribution < -0.4 is 0 Å². The number of hydrogen-bond donors (Lipinski definition) is 1. The molecule has 120 valence electrons. The minimum atomic E-state index is -0.531. The van der Waals surface area contributed by atoms with E-state index >= 15 is 0 Å². The Morgan fingerprint density at radius 2 is 2.32 bits per heavy atom. The van der Waals surface area contributed by atoms with Crippen molar-refractivity contribution in [3.63, 3.8) is 0 Å². The lowest BCUT2D eigenvalue weighted by atomic mass is 10.0. The highest BCUT2D eigenvalue weighted by Gasteiger charge is 2.26. The summed E-state index contributed by atoms with van der Waals surface area (Å²) in [5, 5.41) is 20.8. The Bertz CT molecular complexity index is 570. The Morgan fingerprint density at radius 1 is 1.41 bits per heavy atom. The molecule has 1 saturated heterocycles. The molecule has 0 aromatic carbocycles. The van der Waals surface area contributed by atoms with Crippen molar-refractivity contribution >= 4 is 11.3 Å². The van der Waals surface area contributed by atoms with Gasteiger partial charge in [-0.15, -0.1) is 21.5 Å². The maximum Gasteiger partial charge on any atom is 0.132 e. The molecule has 1 N–H and O–H groups in total. The van der Waals surface area contributed by atoms with E-state index in [1.165, 1.54) is 19.3 Å². The summed E-state index contributed by atoms with van der Waals surface area (Å²) in [7, 11) is 0.